The molecule has 88 valence electrons. The molecule has 1 aliphatic rings. The number of allylic oxidation sites excluding steroid dienone is 1. The number of nitrogens with zero attached hydrogens (tertiary/aromatic N) is 1. The first-order valence-corrected chi connectivity index (χ1v) is 8.06. The second kappa shape index (κ2) is 7.20. The maximum atomic E-state index is 3.48. The molecule has 0 spiro atoms. The monoisotopic (exact) mass is 226 g/mol. The van der Waals surface area contributed by atoms with Gasteiger partial charge in [0.15, 0.2) is 0 Å². The highest BCUT2D eigenvalue weighted by molar-refractivity contribution is 6.42. The van der Waals surface area contributed by atoms with E-state index in [9.17, 15) is 0 Å². The van der Waals surface area contributed by atoms with Crippen LogP contribution in [0.1, 0.15) is 26.7 Å². The van der Waals surface area contributed by atoms with E-state index in [2.05, 4.69) is 36.8 Å². The zero-order valence-corrected chi connectivity index (χ0v) is 12.0. The highest BCUT2D eigenvalue weighted by Crippen LogP contribution is 2.09. The SMILES string of the molecule is CC(C)=C[SiH2]CCCC1CNCCN1C. The van der Waals surface area contributed by atoms with E-state index < -0.39 is 0 Å². The number of hydrogen-bond donors (Lipinski definition) is 1. The van der Waals surface area contributed by atoms with E-state index in [4.69, 9.17) is 0 Å². The van der Waals surface area contributed by atoms with Gasteiger partial charge in [-0.3, -0.25) is 0 Å². The minimum absolute atomic E-state index is 0.0994. The third-order valence-corrected chi connectivity index (χ3v) is 5.20. The lowest BCUT2D eigenvalue weighted by Gasteiger charge is -2.33. The lowest BCUT2D eigenvalue weighted by atomic mass is 10.1. The zero-order chi connectivity index (χ0) is 11.1. The molecule has 1 rings (SSSR count). The fraction of sp³-hybridized carbons (Fsp3) is 0.833. The van der Waals surface area contributed by atoms with Gasteiger partial charge in [0.05, 0.1) is 0 Å². The molecule has 1 unspecified atom stereocenters. The minimum atomic E-state index is 0.0994. The summed E-state index contributed by atoms with van der Waals surface area (Å²) in [4.78, 5) is 2.51. The van der Waals surface area contributed by atoms with Crippen LogP contribution < -0.4 is 5.32 Å². The van der Waals surface area contributed by atoms with Crippen molar-refractivity contribution in [1.29, 1.82) is 0 Å². The molecule has 0 aliphatic carbocycles. The van der Waals surface area contributed by atoms with Crippen molar-refractivity contribution in [3.05, 3.63) is 11.3 Å². The molecule has 0 bridgehead atoms. The van der Waals surface area contributed by atoms with Gasteiger partial charge in [0.1, 0.15) is 0 Å². The molecule has 0 saturated carbocycles. The summed E-state index contributed by atoms with van der Waals surface area (Å²) in [6.45, 7) is 8.01. The Kier molecular flexibility index (Phi) is 6.21. The van der Waals surface area contributed by atoms with Gasteiger partial charge in [-0.25, -0.2) is 0 Å². The Bertz CT molecular complexity index is 200. The van der Waals surface area contributed by atoms with Crippen molar-refractivity contribution < 1.29 is 0 Å². The smallest absolute Gasteiger partial charge is 0.0453 e. The fourth-order valence-corrected chi connectivity index (χ4v) is 3.46. The Morgan fingerprint density at radius 1 is 1.53 bits per heavy atom. The Morgan fingerprint density at radius 3 is 3.00 bits per heavy atom. The molecule has 1 atom stereocenters. The summed E-state index contributed by atoms with van der Waals surface area (Å²) >= 11 is 0. The molecule has 0 aromatic carbocycles. The summed E-state index contributed by atoms with van der Waals surface area (Å²) in [5, 5.41) is 3.48. The van der Waals surface area contributed by atoms with Crippen LogP contribution in [0.3, 0.4) is 0 Å². The molecule has 1 N–H and O–H groups in total. The van der Waals surface area contributed by atoms with Crippen molar-refractivity contribution in [2.45, 2.75) is 38.8 Å². The second-order valence-electron chi connectivity index (χ2n) is 4.90. The van der Waals surface area contributed by atoms with Crippen LogP contribution in [0.15, 0.2) is 11.3 Å². The van der Waals surface area contributed by atoms with E-state index in [-0.39, 0.29) is 9.52 Å². The quantitative estimate of drug-likeness (QED) is 0.559. The van der Waals surface area contributed by atoms with Crippen molar-refractivity contribution >= 4 is 9.52 Å². The van der Waals surface area contributed by atoms with Gasteiger partial charge < -0.3 is 10.2 Å². The zero-order valence-electron chi connectivity index (χ0n) is 10.6. The van der Waals surface area contributed by atoms with Crippen molar-refractivity contribution in [2.24, 2.45) is 0 Å². The molecule has 15 heavy (non-hydrogen) atoms. The summed E-state index contributed by atoms with van der Waals surface area (Å²) in [7, 11) is 2.36. The van der Waals surface area contributed by atoms with Gasteiger partial charge in [-0.15, -0.1) is 5.70 Å². The number of hydrogen-bond acceptors (Lipinski definition) is 2. The molecule has 0 aromatic heterocycles. The van der Waals surface area contributed by atoms with Crippen LogP contribution >= 0.6 is 0 Å². The molecular weight excluding hydrogens is 200 g/mol. The second-order valence-corrected chi connectivity index (χ2v) is 6.60. The summed E-state index contributed by atoms with van der Waals surface area (Å²) in [5.41, 5.74) is 4.00. The summed E-state index contributed by atoms with van der Waals surface area (Å²) in [6.07, 6.45) is 2.81. The van der Waals surface area contributed by atoms with Crippen LogP contribution in [0.5, 0.6) is 0 Å². The molecular formula is C12H26N2Si. The molecule has 3 heteroatoms. The molecule has 2 nitrogen and oxygen atoms in total. The predicted octanol–water partition coefficient (Wildman–Crippen LogP) is 1.18. The van der Waals surface area contributed by atoms with Gasteiger partial charge >= 0.3 is 0 Å². The van der Waals surface area contributed by atoms with Gasteiger partial charge in [-0.1, -0.05) is 18.0 Å². The van der Waals surface area contributed by atoms with E-state index in [0.29, 0.717) is 0 Å². The molecule has 1 fully saturated rings. The lowest BCUT2D eigenvalue weighted by molar-refractivity contribution is 0.189. The Hall–Kier alpha value is -0.123. The van der Waals surface area contributed by atoms with E-state index in [1.165, 1.54) is 44.1 Å². The Balaban J connectivity index is 2.06. The van der Waals surface area contributed by atoms with Crippen molar-refractivity contribution in [1.82, 2.24) is 10.2 Å². The van der Waals surface area contributed by atoms with E-state index in [1.54, 1.807) is 0 Å². The molecule has 0 aromatic rings. The van der Waals surface area contributed by atoms with Crippen molar-refractivity contribution in [2.75, 3.05) is 26.7 Å². The van der Waals surface area contributed by atoms with Crippen molar-refractivity contribution in [3.8, 4) is 0 Å². The molecule has 0 amide bonds. The van der Waals surface area contributed by atoms with Crippen molar-refractivity contribution in [3.63, 3.8) is 0 Å². The lowest BCUT2D eigenvalue weighted by Crippen LogP contribution is -2.49. The maximum absolute atomic E-state index is 3.48. The summed E-state index contributed by atoms with van der Waals surface area (Å²) in [6, 6.07) is 2.27. The molecule has 1 aliphatic heterocycles. The van der Waals surface area contributed by atoms with Crippen LogP contribution in [0, 0.1) is 0 Å². The van der Waals surface area contributed by atoms with Gasteiger partial charge in [0, 0.05) is 35.2 Å². The highest BCUT2D eigenvalue weighted by atomic mass is 28.2. The number of piperazine rings is 1. The Labute approximate surface area is 96.9 Å². The molecule has 1 saturated heterocycles. The predicted molar refractivity (Wildman–Crippen MR) is 71.3 cm³/mol. The number of rotatable bonds is 5. The first kappa shape index (κ1) is 12.9. The maximum Gasteiger partial charge on any atom is 0.0453 e. The standard InChI is InChI=1S/C12H26N2Si/c1-11(2)10-15-8-4-5-12-9-13-6-7-14(12)3/h10,12-13H,4-9,15H2,1-3H3. The Morgan fingerprint density at radius 2 is 2.33 bits per heavy atom. The number of likely N-dealkylation sites (N-methyl/N-ethyl adjacent to an activating group) is 1. The van der Waals surface area contributed by atoms with Gasteiger partial charge in [-0.05, 0) is 27.3 Å². The third-order valence-electron chi connectivity index (χ3n) is 3.19. The van der Waals surface area contributed by atoms with Gasteiger partial charge in [0.25, 0.3) is 0 Å². The number of nitrogens with one attached hydrogen (secondary N) is 1. The minimum Gasteiger partial charge on any atom is -0.314 e. The normalized spacial score (nSPS) is 23.5. The van der Waals surface area contributed by atoms with Crippen LogP contribution in [-0.4, -0.2) is 47.1 Å². The van der Waals surface area contributed by atoms with E-state index in [0.717, 1.165) is 6.04 Å². The van der Waals surface area contributed by atoms with Crippen LogP contribution in [-0.2, 0) is 0 Å². The third kappa shape index (κ3) is 5.49. The largest absolute Gasteiger partial charge is 0.314 e. The summed E-state index contributed by atoms with van der Waals surface area (Å²) in [5.74, 6) is 0. The van der Waals surface area contributed by atoms with E-state index >= 15 is 0 Å². The van der Waals surface area contributed by atoms with Crippen LogP contribution in [0.2, 0.25) is 6.04 Å². The van der Waals surface area contributed by atoms with Gasteiger partial charge in [0.2, 0.25) is 0 Å². The fourth-order valence-electron chi connectivity index (χ4n) is 2.10. The average molecular weight is 226 g/mol. The topological polar surface area (TPSA) is 15.3 Å². The van der Waals surface area contributed by atoms with Gasteiger partial charge in [-0.2, -0.15) is 0 Å². The van der Waals surface area contributed by atoms with Crippen LogP contribution in [0.4, 0.5) is 0 Å². The molecule has 1 heterocycles. The molecule has 0 radical (unpaired) electrons. The summed E-state index contributed by atoms with van der Waals surface area (Å²) < 4.78 is 0. The first-order valence-electron chi connectivity index (χ1n) is 6.24. The van der Waals surface area contributed by atoms with E-state index in [1.807, 2.05) is 0 Å². The average Bonchev–Trinajstić information content (AvgIpc) is 2.20. The van der Waals surface area contributed by atoms with Crippen LogP contribution in [0.25, 0.3) is 0 Å². The first-order chi connectivity index (χ1) is 7.20. The highest BCUT2D eigenvalue weighted by Gasteiger charge is 2.17.